The number of halogens is 1. The number of aromatic nitrogens is 2. The molecule has 0 amide bonds. The van der Waals surface area contributed by atoms with E-state index in [1.54, 1.807) is 0 Å². The number of hydrogen-bond acceptors (Lipinski definition) is 4. The standard InChI is InChI=1S/C20H25BrN4/c1-13-11-16(9-10-17(13)21)22-19-12-18(14-7-8-14)24-20(25-19)23-15-5-3-2-4-6-15/h9-12,14-15H,2-8H2,1H3,(H2,22,23,24,25). The van der Waals surface area contributed by atoms with Crippen LogP contribution in [0, 0.1) is 6.92 Å². The monoisotopic (exact) mass is 400 g/mol. The maximum absolute atomic E-state index is 4.79. The molecule has 0 radical (unpaired) electrons. The van der Waals surface area contributed by atoms with Gasteiger partial charge in [-0.25, -0.2) is 4.98 Å². The molecule has 2 aromatic rings. The molecule has 0 saturated heterocycles. The van der Waals surface area contributed by atoms with Crippen molar-refractivity contribution in [1.29, 1.82) is 0 Å². The Morgan fingerprint density at radius 3 is 2.52 bits per heavy atom. The van der Waals surface area contributed by atoms with E-state index >= 15 is 0 Å². The smallest absolute Gasteiger partial charge is 0.225 e. The zero-order valence-electron chi connectivity index (χ0n) is 14.7. The van der Waals surface area contributed by atoms with Gasteiger partial charge in [0.15, 0.2) is 0 Å². The van der Waals surface area contributed by atoms with Gasteiger partial charge in [-0.15, -0.1) is 0 Å². The fraction of sp³-hybridized carbons (Fsp3) is 0.500. The molecule has 0 spiro atoms. The molecule has 1 aromatic carbocycles. The Hall–Kier alpha value is -1.62. The number of nitrogens with zero attached hydrogens (tertiary/aromatic N) is 2. The first-order valence-electron chi connectivity index (χ1n) is 9.36. The molecule has 2 aliphatic carbocycles. The predicted molar refractivity (Wildman–Crippen MR) is 107 cm³/mol. The van der Waals surface area contributed by atoms with Gasteiger partial charge < -0.3 is 10.6 Å². The van der Waals surface area contributed by atoms with Crippen LogP contribution < -0.4 is 10.6 Å². The Labute approximate surface area is 158 Å². The number of hydrogen-bond donors (Lipinski definition) is 2. The number of nitrogens with one attached hydrogen (secondary N) is 2. The van der Waals surface area contributed by atoms with E-state index in [0.717, 1.165) is 21.9 Å². The second kappa shape index (κ2) is 7.32. The summed E-state index contributed by atoms with van der Waals surface area (Å²) in [4.78, 5) is 9.53. The molecule has 5 heteroatoms. The van der Waals surface area contributed by atoms with E-state index < -0.39 is 0 Å². The third kappa shape index (κ3) is 4.32. The first-order chi connectivity index (χ1) is 12.2. The first-order valence-corrected chi connectivity index (χ1v) is 10.2. The molecule has 2 fully saturated rings. The largest absolute Gasteiger partial charge is 0.351 e. The van der Waals surface area contributed by atoms with Crippen LogP contribution in [0.15, 0.2) is 28.7 Å². The molecule has 1 heterocycles. The van der Waals surface area contributed by atoms with Crippen molar-refractivity contribution in [3.63, 3.8) is 0 Å². The Balaban J connectivity index is 1.56. The molecule has 4 rings (SSSR count). The van der Waals surface area contributed by atoms with E-state index in [1.165, 1.54) is 56.2 Å². The van der Waals surface area contributed by atoms with Crippen LogP contribution in [-0.2, 0) is 0 Å². The van der Waals surface area contributed by atoms with Crippen LogP contribution in [-0.4, -0.2) is 16.0 Å². The van der Waals surface area contributed by atoms with Gasteiger partial charge in [-0.1, -0.05) is 35.2 Å². The van der Waals surface area contributed by atoms with Crippen molar-refractivity contribution in [3.8, 4) is 0 Å². The molecule has 2 saturated carbocycles. The lowest BCUT2D eigenvalue weighted by atomic mass is 9.96. The highest BCUT2D eigenvalue weighted by Crippen LogP contribution is 2.40. The van der Waals surface area contributed by atoms with Gasteiger partial charge in [0, 0.05) is 28.2 Å². The molecule has 2 aliphatic rings. The summed E-state index contributed by atoms with van der Waals surface area (Å²) < 4.78 is 1.12. The lowest BCUT2D eigenvalue weighted by Crippen LogP contribution is -2.23. The lowest BCUT2D eigenvalue weighted by molar-refractivity contribution is 0.460. The van der Waals surface area contributed by atoms with Crippen LogP contribution in [0.5, 0.6) is 0 Å². The van der Waals surface area contributed by atoms with Crippen LogP contribution in [0.25, 0.3) is 0 Å². The zero-order chi connectivity index (χ0) is 17.2. The highest BCUT2D eigenvalue weighted by atomic mass is 79.9. The van der Waals surface area contributed by atoms with Crippen molar-refractivity contribution in [3.05, 3.63) is 40.0 Å². The molecule has 0 aliphatic heterocycles. The number of benzene rings is 1. The molecule has 0 bridgehead atoms. The summed E-state index contributed by atoms with van der Waals surface area (Å²) in [6.45, 7) is 2.10. The molecule has 25 heavy (non-hydrogen) atoms. The number of aryl methyl sites for hydroxylation is 1. The van der Waals surface area contributed by atoms with Crippen LogP contribution in [0.4, 0.5) is 17.5 Å². The molecule has 2 N–H and O–H groups in total. The summed E-state index contributed by atoms with van der Waals surface area (Å²) in [7, 11) is 0. The number of rotatable bonds is 5. The third-order valence-electron chi connectivity index (χ3n) is 5.11. The summed E-state index contributed by atoms with van der Waals surface area (Å²) in [5.41, 5.74) is 3.44. The van der Waals surface area contributed by atoms with Gasteiger partial charge in [-0.05, 0) is 56.4 Å². The summed E-state index contributed by atoms with van der Waals surface area (Å²) >= 11 is 3.56. The lowest BCUT2D eigenvalue weighted by Gasteiger charge is -2.23. The third-order valence-corrected chi connectivity index (χ3v) is 6.00. The minimum absolute atomic E-state index is 0.519. The van der Waals surface area contributed by atoms with E-state index in [-0.39, 0.29) is 0 Å². The molecule has 4 nitrogen and oxygen atoms in total. The van der Waals surface area contributed by atoms with E-state index in [9.17, 15) is 0 Å². The minimum atomic E-state index is 0.519. The predicted octanol–water partition coefficient (Wildman–Crippen LogP) is 5.91. The normalized spacial score (nSPS) is 18.2. The average molecular weight is 401 g/mol. The molecular formula is C20H25BrN4. The van der Waals surface area contributed by atoms with Crippen LogP contribution in [0.3, 0.4) is 0 Å². The van der Waals surface area contributed by atoms with E-state index in [2.05, 4.69) is 57.8 Å². The van der Waals surface area contributed by atoms with Crippen molar-refractivity contribution in [1.82, 2.24) is 9.97 Å². The van der Waals surface area contributed by atoms with Crippen LogP contribution >= 0.6 is 15.9 Å². The van der Waals surface area contributed by atoms with Gasteiger partial charge in [0.1, 0.15) is 5.82 Å². The number of anilines is 3. The second-order valence-electron chi connectivity index (χ2n) is 7.34. The van der Waals surface area contributed by atoms with E-state index in [1.807, 2.05) is 0 Å². The molecule has 0 unspecified atom stereocenters. The zero-order valence-corrected chi connectivity index (χ0v) is 16.3. The van der Waals surface area contributed by atoms with E-state index in [4.69, 9.17) is 9.97 Å². The summed E-state index contributed by atoms with van der Waals surface area (Å²) in [5.74, 6) is 2.28. The average Bonchev–Trinajstić information content (AvgIpc) is 3.44. The summed E-state index contributed by atoms with van der Waals surface area (Å²) in [5, 5.41) is 7.04. The first kappa shape index (κ1) is 16.8. The Kier molecular flexibility index (Phi) is 4.93. The Morgan fingerprint density at radius 2 is 1.80 bits per heavy atom. The van der Waals surface area contributed by atoms with Crippen molar-refractivity contribution < 1.29 is 0 Å². The van der Waals surface area contributed by atoms with Gasteiger partial charge in [-0.3, -0.25) is 0 Å². The van der Waals surface area contributed by atoms with Crippen molar-refractivity contribution >= 4 is 33.4 Å². The highest BCUT2D eigenvalue weighted by Gasteiger charge is 2.26. The van der Waals surface area contributed by atoms with Crippen molar-refractivity contribution in [2.45, 2.75) is 63.8 Å². The summed E-state index contributed by atoms with van der Waals surface area (Å²) in [6.07, 6.45) is 8.92. The molecule has 1 aromatic heterocycles. The molecular weight excluding hydrogens is 376 g/mol. The van der Waals surface area contributed by atoms with Crippen LogP contribution in [0.2, 0.25) is 0 Å². The highest BCUT2D eigenvalue weighted by molar-refractivity contribution is 9.10. The maximum atomic E-state index is 4.79. The topological polar surface area (TPSA) is 49.8 Å². The van der Waals surface area contributed by atoms with E-state index in [0.29, 0.717) is 12.0 Å². The van der Waals surface area contributed by atoms with Crippen molar-refractivity contribution in [2.75, 3.05) is 10.6 Å². The van der Waals surface area contributed by atoms with Gasteiger partial charge >= 0.3 is 0 Å². The maximum Gasteiger partial charge on any atom is 0.225 e. The minimum Gasteiger partial charge on any atom is -0.351 e. The summed E-state index contributed by atoms with van der Waals surface area (Å²) in [6, 6.07) is 8.91. The Morgan fingerprint density at radius 1 is 1.00 bits per heavy atom. The van der Waals surface area contributed by atoms with Gasteiger partial charge in [0.25, 0.3) is 0 Å². The SMILES string of the molecule is Cc1cc(Nc2cc(C3CC3)nc(NC3CCCCC3)n2)ccc1Br. The molecule has 0 atom stereocenters. The van der Waals surface area contributed by atoms with Crippen LogP contribution in [0.1, 0.15) is 62.1 Å². The molecule has 132 valence electrons. The fourth-order valence-electron chi connectivity index (χ4n) is 3.48. The van der Waals surface area contributed by atoms with Gasteiger partial charge in [-0.2, -0.15) is 4.98 Å². The fourth-order valence-corrected chi connectivity index (χ4v) is 3.73. The van der Waals surface area contributed by atoms with Gasteiger partial charge in [0.05, 0.1) is 5.69 Å². The Bertz CT molecular complexity index is 751. The second-order valence-corrected chi connectivity index (χ2v) is 8.20. The quantitative estimate of drug-likeness (QED) is 0.654. The van der Waals surface area contributed by atoms with Crippen molar-refractivity contribution in [2.24, 2.45) is 0 Å². The van der Waals surface area contributed by atoms with Gasteiger partial charge in [0.2, 0.25) is 5.95 Å².